The van der Waals surface area contributed by atoms with Crippen LogP contribution in [-0.2, 0) is 78.3 Å². The molecule has 3 heterocycles. The summed E-state index contributed by atoms with van der Waals surface area (Å²) >= 11 is 0. The second-order valence-corrected chi connectivity index (χ2v) is 28.6. The van der Waals surface area contributed by atoms with Crippen molar-refractivity contribution in [1.29, 1.82) is 0 Å². The summed E-state index contributed by atoms with van der Waals surface area (Å²) in [4.78, 5) is 199. The first-order chi connectivity index (χ1) is 50.9. The van der Waals surface area contributed by atoms with Crippen molar-refractivity contribution in [3.05, 3.63) is 29.8 Å². The highest BCUT2D eigenvalue weighted by atomic mass is 16.5. The molecule has 19 atom stereocenters. The largest absolute Gasteiger partial charge is 0.508 e. The molecule has 0 spiro atoms. The van der Waals surface area contributed by atoms with E-state index in [1.165, 1.54) is 45.0 Å². The molecule has 3 aliphatic heterocycles. The Morgan fingerprint density at radius 3 is 1.60 bits per heavy atom. The van der Waals surface area contributed by atoms with E-state index in [4.69, 9.17) is 10.5 Å². The van der Waals surface area contributed by atoms with Crippen molar-refractivity contribution in [1.82, 2.24) is 63.0 Å². The number of phenolic OH excluding ortho intramolecular Hbond substituents is 1. The summed E-state index contributed by atoms with van der Waals surface area (Å²) in [7, 11) is 0. The lowest BCUT2D eigenvalue weighted by atomic mass is 9.99. The first-order valence-electron chi connectivity index (χ1n) is 37.1. The molecule has 3 saturated heterocycles. The van der Waals surface area contributed by atoms with Gasteiger partial charge in [-0.2, -0.15) is 0 Å². The topological polar surface area (TPSA) is 583 Å². The maximum atomic E-state index is 14.8. The molecule has 21 N–H and O–H groups in total. The number of esters is 1. The minimum atomic E-state index is -2.23. The zero-order valence-electron chi connectivity index (χ0n) is 62.7. The molecule has 108 heavy (non-hydrogen) atoms. The smallest absolute Gasteiger partial charge is 0.328 e. The number of hydrogen-bond donors (Lipinski definition) is 20. The lowest BCUT2D eigenvalue weighted by Gasteiger charge is -2.34. The van der Waals surface area contributed by atoms with Crippen molar-refractivity contribution >= 4 is 82.8 Å². The van der Waals surface area contributed by atoms with Crippen LogP contribution in [0, 0.1) is 5.92 Å². The molecular weight excluding hydrogens is 1420 g/mol. The minimum absolute atomic E-state index is 0.0446. The third kappa shape index (κ3) is 29.0. The number of cyclic esters (lactones) is 1. The predicted molar refractivity (Wildman–Crippen MR) is 383 cm³/mol. The molecule has 3 fully saturated rings. The van der Waals surface area contributed by atoms with E-state index >= 15 is 0 Å². The van der Waals surface area contributed by atoms with Gasteiger partial charge < -0.3 is 119 Å². The summed E-state index contributed by atoms with van der Waals surface area (Å²) < 4.78 is 5.91. The number of aliphatic hydroxyl groups excluding tert-OH is 8. The number of rotatable bonds is 25. The number of aromatic hydroxyl groups is 1. The van der Waals surface area contributed by atoms with Gasteiger partial charge >= 0.3 is 5.97 Å². The molecule has 0 aromatic heterocycles. The van der Waals surface area contributed by atoms with Crippen LogP contribution in [0.2, 0.25) is 0 Å². The van der Waals surface area contributed by atoms with Crippen LogP contribution in [0.25, 0.3) is 0 Å². The van der Waals surface area contributed by atoms with Gasteiger partial charge in [0.1, 0.15) is 78.3 Å². The number of aliphatic hydroxyl groups is 8. The Balaban J connectivity index is 1.80. The average molecular weight is 1530 g/mol. The van der Waals surface area contributed by atoms with E-state index in [1.54, 1.807) is 0 Å². The van der Waals surface area contributed by atoms with Gasteiger partial charge in [0.15, 0.2) is 0 Å². The second-order valence-electron chi connectivity index (χ2n) is 28.6. The number of carbonyl (C=O) groups excluding carboxylic acids is 14. The number of nitrogens with zero attached hydrogens (tertiary/aromatic N) is 2. The Morgan fingerprint density at radius 1 is 0.546 bits per heavy atom. The summed E-state index contributed by atoms with van der Waals surface area (Å²) in [6.07, 6.45) is -6.58. The molecule has 608 valence electrons. The normalized spacial score (nSPS) is 28.1. The number of nitrogens with one attached hydrogen (secondary N) is 10. The molecule has 13 amide bonds. The number of phenols is 1. The van der Waals surface area contributed by atoms with Gasteiger partial charge in [-0.15, -0.1) is 0 Å². The molecule has 0 unspecified atom stereocenters. The lowest BCUT2D eigenvalue weighted by molar-refractivity contribution is -0.155. The van der Waals surface area contributed by atoms with Gasteiger partial charge in [0.2, 0.25) is 76.8 Å². The summed E-state index contributed by atoms with van der Waals surface area (Å²) in [5.74, 6) is -17.3. The molecule has 0 aliphatic carbocycles. The Labute approximate surface area is 627 Å². The van der Waals surface area contributed by atoms with E-state index in [2.05, 4.69) is 60.1 Å². The van der Waals surface area contributed by atoms with E-state index in [0.29, 0.717) is 23.3 Å². The highest BCUT2D eigenvalue weighted by Gasteiger charge is 2.48. The lowest BCUT2D eigenvalue weighted by Crippen LogP contribution is -2.64. The van der Waals surface area contributed by atoms with Gasteiger partial charge in [0.25, 0.3) is 0 Å². The third-order valence-electron chi connectivity index (χ3n) is 18.9. The Kier molecular flexibility index (Phi) is 38.5. The first-order valence-corrected chi connectivity index (χ1v) is 37.1. The van der Waals surface area contributed by atoms with E-state index in [-0.39, 0.29) is 37.9 Å². The third-order valence-corrected chi connectivity index (χ3v) is 18.9. The molecule has 0 radical (unpaired) electrons. The summed E-state index contributed by atoms with van der Waals surface area (Å²) in [5.41, 5.74) is 5.69. The predicted octanol–water partition coefficient (Wildman–Crippen LogP) is -5.44. The number of amides is 13. The number of hydrogen-bond acceptors (Lipinski definition) is 24. The second kappa shape index (κ2) is 45.3. The standard InChI is InChI=1S/C71H115N13O24/c1-9-10-11-12-13-14-15-16-17-18-19-21-45-32-52(95)77-55(38(5)86)65(101)74-37(4)61(97)76-47(30-42-23-25-43(90)26-24-42)62(98)79-54(36(2)3)69(105)84-35-44(91)31-48(84)63(99)80-57(40(7)88)67(103)81-58(41(8)89)70(106)83-28-27-49(92)60(83)68(104)82-59(50(93)33-51(72)94)64(100)73-34-53(96)78-56(39(6)87)66(102)75-46(22-20-29-85)71(107)108-45/h23-26,36-41,44-50,54-60,85-93H,9-22,27-35H2,1-8H3,(H2,72,94)(H,73,100)(H,74,101)(H,75,102)(H,76,97)(H,77,95)(H,78,96)(H,79,98)(H,80,99)(H,81,103)(H,82,104)/t37-,38-,39-,40-,41-,44-,45-,46+,47+,48+,49+,50-,54+,55-,56-,57-,58+,59+,60+/m1/s1. The number of ether oxygens (including phenoxy) is 1. The molecule has 3 aliphatic rings. The fourth-order valence-corrected chi connectivity index (χ4v) is 12.7. The zero-order valence-corrected chi connectivity index (χ0v) is 62.7. The van der Waals surface area contributed by atoms with Crippen molar-refractivity contribution in [3.8, 4) is 5.75 Å². The van der Waals surface area contributed by atoms with Crippen molar-refractivity contribution < 1.29 is 118 Å². The van der Waals surface area contributed by atoms with E-state index in [9.17, 15) is 113 Å². The molecule has 0 saturated carbocycles. The van der Waals surface area contributed by atoms with Crippen LogP contribution in [-0.4, -0.2) is 280 Å². The van der Waals surface area contributed by atoms with Crippen molar-refractivity contribution in [2.45, 2.75) is 293 Å². The fourth-order valence-electron chi connectivity index (χ4n) is 12.7. The van der Waals surface area contributed by atoms with Gasteiger partial charge in [0, 0.05) is 32.5 Å². The number of nitrogens with two attached hydrogens (primary N) is 1. The van der Waals surface area contributed by atoms with E-state index < -0.39 is 249 Å². The number of unbranched alkanes of at least 4 members (excludes halogenated alkanes) is 10. The molecule has 37 nitrogen and oxygen atoms in total. The van der Waals surface area contributed by atoms with Crippen LogP contribution in [0.1, 0.15) is 177 Å². The molecule has 1 aromatic rings. The van der Waals surface area contributed by atoms with Crippen LogP contribution in [0.15, 0.2) is 24.3 Å². The average Bonchev–Trinajstić information content (AvgIpc) is 1.62. The van der Waals surface area contributed by atoms with Crippen molar-refractivity contribution in [3.63, 3.8) is 0 Å². The quantitative estimate of drug-likeness (QED) is 0.0321. The molecule has 37 heteroatoms. The first kappa shape index (κ1) is 91.7. The maximum absolute atomic E-state index is 14.8. The van der Waals surface area contributed by atoms with Crippen molar-refractivity contribution in [2.24, 2.45) is 11.7 Å². The Hall–Kier alpha value is -8.72. The van der Waals surface area contributed by atoms with Crippen LogP contribution in [0.5, 0.6) is 5.75 Å². The Morgan fingerprint density at radius 2 is 1.05 bits per heavy atom. The van der Waals surface area contributed by atoms with Crippen LogP contribution in [0.4, 0.5) is 0 Å². The van der Waals surface area contributed by atoms with Crippen LogP contribution >= 0.6 is 0 Å². The number of fused-ring (bicyclic) bond motifs is 2. The maximum Gasteiger partial charge on any atom is 0.328 e. The van der Waals surface area contributed by atoms with Gasteiger partial charge in [-0.05, 0) is 90.3 Å². The number of primary amides is 1. The summed E-state index contributed by atoms with van der Waals surface area (Å²) in [6, 6.07) is -14.5. The van der Waals surface area contributed by atoms with Crippen LogP contribution in [0.3, 0.4) is 0 Å². The minimum Gasteiger partial charge on any atom is -0.508 e. The van der Waals surface area contributed by atoms with Crippen LogP contribution < -0.4 is 58.9 Å². The highest BCUT2D eigenvalue weighted by molar-refractivity contribution is 6.00. The SMILES string of the molecule is CCCCCCCCCCCCC[C@@H]1CC(=O)N[C@H]([C@@H](C)O)C(=O)N[C@H](C)C(=O)N[C@@H](Cc2ccc(O)cc2)C(=O)N[C@@H](C(C)C)C(=O)N2C[C@H](O)C[C@H]2C(=O)N[C@H]([C@@H](C)O)C(=O)N[C@@H]([C@@H](C)O)C(=O)N2CC[C@H](O)[C@H]2C(=O)N[C@@H]([C@H](O)CC(N)=O)C(=O)NCC(=O)N[C@H]([C@@H](C)O)C(=O)N[C@@H](CCCO)C(=O)O1. The molecular formula is C71H115N13O24. The van der Waals surface area contributed by atoms with E-state index in [0.717, 1.165) is 90.4 Å². The Bertz CT molecular complexity index is 3200. The van der Waals surface area contributed by atoms with Gasteiger partial charge in [-0.3, -0.25) is 62.3 Å². The van der Waals surface area contributed by atoms with Crippen molar-refractivity contribution in [2.75, 3.05) is 26.2 Å². The molecule has 1 aromatic carbocycles. The van der Waals surface area contributed by atoms with Gasteiger partial charge in [-0.25, -0.2) is 4.79 Å². The van der Waals surface area contributed by atoms with E-state index in [1.807, 2.05) is 0 Å². The molecule has 0 bridgehead atoms. The fraction of sp³-hybridized carbons (Fsp3) is 0.718. The molecule has 4 rings (SSSR count). The number of carbonyl (C=O) groups is 14. The van der Waals surface area contributed by atoms with Gasteiger partial charge in [0.05, 0.1) is 62.1 Å². The zero-order chi connectivity index (χ0) is 80.8. The highest BCUT2D eigenvalue weighted by Crippen LogP contribution is 2.25. The summed E-state index contributed by atoms with van der Waals surface area (Å²) in [6.45, 7) is 8.11. The summed E-state index contributed by atoms with van der Waals surface area (Å²) in [5, 5.41) is 121. The van der Waals surface area contributed by atoms with Gasteiger partial charge in [-0.1, -0.05) is 97.1 Å². The monoisotopic (exact) mass is 1530 g/mol. The number of benzene rings is 1.